The van der Waals surface area contributed by atoms with Gasteiger partial charge in [-0.25, -0.2) is 22.2 Å². The van der Waals surface area contributed by atoms with Gasteiger partial charge >= 0.3 is 0 Å². The molecule has 0 radical (unpaired) electrons. The van der Waals surface area contributed by atoms with Crippen LogP contribution in [0.3, 0.4) is 0 Å². The van der Waals surface area contributed by atoms with E-state index in [2.05, 4.69) is 4.98 Å². The van der Waals surface area contributed by atoms with Crippen LogP contribution in [0.2, 0.25) is 0 Å². The molecule has 3 N–H and O–H groups in total. The van der Waals surface area contributed by atoms with Crippen LogP contribution >= 0.6 is 0 Å². The van der Waals surface area contributed by atoms with E-state index < -0.39 is 33.8 Å². The summed E-state index contributed by atoms with van der Waals surface area (Å²) in [6.07, 6.45) is 0.215. The predicted octanol–water partition coefficient (Wildman–Crippen LogP) is 5.02. The van der Waals surface area contributed by atoms with Crippen molar-refractivity contribution in [3.8, 4) is 22.3 Å². The van der Waals surface area contributed by atoms with Crippen LogP contribution in [0.15, 0.2) is 90.0 Å². The average molecular weight is 510 g/mol. The van der Waals surface area contributed by atoms with Crippen LogP contribution in [0.1, 0.15) is 18.6 Å². The molecule has 186 valence electrons. The van der Waals surface area contributed by atoms with E-state index in [0.717, 1.165) is 10.4 Å². The molecule has 9 heteroatoms. The molecular weight excluding hydrogens is 484 g/mol. The third kappa shape index (κ3) is 4.86. The Balaban J connectivity index is 1.70. The summed E-state index contributed by atoms with van der Waals surface area (Å²) >= 11 is 0. The molecule has 4 aromatic rings. The Morgan fingerprint density at radius 1 is 0.889 bits per heavy atom. The normalized spacial score (nSPS) is 13.5. The number of aromatic nitrogens is 1. The SMILES string of the molecule is CC(C(O)c1ccccc1)N(C)S(=O)(=O)c1ccccc1-c1ccc(-c2cnc(N)c(F)c2)c(F)c1. The zero-order valence-electron chi connectivity index (χ0n) is 19.6. The molecule has 2 atom stereocenters. The molecule has 0 amide bonds. The molecule has 0 bridgehead atoms. The Morgan fingerprint density at radius 3 is 2.19 bits per heavy atom. The van der Waals surface area contributed by atoms with E-state index in [1.807, 2.05) is 6.07 Å². The van der Waals surface area contributed by atoms with Gasteiger partial charge in [-0.2, -0.15) is 4.31 Å². The zero-order chi connectivity index (χ0) is 26.0. The molecule has 0 saturated carbocycles. The number of pyridine rings is 1. The first-order valence-corrected chi connectivity index (χ1v) is 12.6. The van der Waals surface area contributed by atoms with Gasteiger partial charge in [0.15, 0.2) is 11.6 Å². The van der Waals surface area contributed by atoms with Crippen LogP contribution in [-0.2, 0) is 10.0 Å². The van der Waals surface area contributed by atoms with Gasteiger partial charge in [-0.05, 0) is 36.2 Å². The molecule has 0 saturated heterocycles. The first kappa shape index (κ1) is 25.4. The number of anilines is 1. The topological polar surface area (TPSA) is 96.5 Å². The lowest BCUT2D eigenvalue weighted by Gasteiger charge is -2.29. The van der Waals surface area contributed by atoms with Gasteiger partial charge in [0.1, 0.15) is 5.82 Å². The number of hydrogen-bond acceptors (Lipinski definition) is 5. The van der Waals surface area contributed by atoms with Gasteiger partial charge in [0.25, 0.3) is 0 Å². The van der Waals surface area contributed by atoms with Crippen molar-refractivity contribution in [2.45, 2.75) is 24.0 Å². The third-order valence-electron chi connectivity index (χ3n) is 6.18. The molecule has 1 aromatic heterocycles. The summed E-state index contributed by atoms with van der Waals surface area (Å²) in [5, 5.41) is 10.8. The fraction of sp³-hybridized carbons (Fsp3) is 0.148. The summed E-state index contributed by atoms with van der Waals surface area (Å²) in [5.41, 5.74) is 6.91. The van der Waals surface area contributed by atoms with E-state index in [-0.39, 0.29) is 27.4 Å². The van der Waals surface area contributed by atoms with Gasteiger partial charge < -0.3 is 10.8 Å². The van der Waals surface area contributed by atoms with Gasteiger partial charge in [-0.3, -0.25) is 0 Å². The van der Waals surface area contributed by atoms with Crippen LogP contribution in [0.4, 0.5) is 14.6 Å². The maximum atomic E-state index is 15.1. The molecule has 0 aliphatic rings. The van der Waals surface area contributed by atoms with Crippen LogP contribution in [0.25, 0.3) is 22.3 Å². The Labute approximate surface area is 208 Å². The lowest BCUT2D eigenvalue weighted by Crippen LogP contribution is -2.39. The summed E-state index contributed by atoms with van der Waals surface area (Å²) in [6, 6.07) is 19.5. The lowest BCUT2D eigenvalue weighted by molar-refractivity contribution is 0.108. The maximum absolute atomic E-state index is 15.1. The number of likely N-dealkylation sites (N-methyl/N-ethyl adjacent to an activating group) is 1. The fourth-order valence-corrected chi connectivity index (χ4v) is 5.52. The van der Waals surface area contributed by atoms with Crippen LogP contribution < -0.4 is 5.73 Å². The molecule has 0 aliphatic heterocycles. The quantitative estimate of drug-likeness (QED) is 0.365. The molecule has 36 heavy (non-hydrogen) atoms. The van der Waals surface area contributed by atoms with Crippen LogP contribution in [0.5, 0.6) is 0 Å². The van der Waals surface area contributed by atoms with Gasteiger partial charge in [-0.15, -0.1) is 0 Å². The van der Waals surface area contributed by atoms with Gasteiger partial charge in [0.05, 0.1) is 17.0 Å². The monoisotopic (exact) mass is 509 g/mol. The number of benzene rings is 3. The van der Waals surface area contributed by atoms with E-state index >= 15 is 4.39 Å². The number of sulfonamides is 1. The van der Waals surface area contributed by atoms with E-state index in [1.165, 1.54) is 31.4 Å². The largest absolute Gasteiger partial charge is 0.387 e. The molecular formula is C27H25F2N3O3S. The number of aliphatic hydroxyl groups is 1. The molecule has 3 aromatic carbocycles. The third-order valence-corrected chi connectivity index (χ3v) is 8.18. The highest BCUT2D eigenvalue weighted by Gasteiger charge is 2.32. The molecule has 0 spiro atoms. The highest BCUT2D eigenvalue weighted by molar-refractivity contribution is 7.89. The Morgan fingerprint density at radius 2 is 1.53 bits per heavy atom. The second-order valence-corrected chi connectivity index (χ2v) is 10.4. The number of rotatable bonds is 7. The second kappa shape index (κ2) is 10.1. The van der Waals surface area contributed by atoms with Crippen molar-refractivity contribution < 1.29 is 22.3 Å². The average Bonchev–Trinajstić information content (AvgIpc) is 2.89. The number of nitrogens with zero attached hydrogens (tertiary/aromatic N) is 2. The smallest absolute Gasteiger partial charge is 0.243 e. The first-order chi connectivity index (χ1) is 17.1. The van der Waals surface area contributed by atoms with Crippen molar-refractivity contribution in [2.24, 2.45) is 0 Å². The Kier molecular flexibility index (Phi) is 7.16. The van der Waals surface area contributed by atoms with Crippen molar-refractivity contribution in [1.29, 1.82) is 0 Å². The van der Waals surface area contributed by atoms with E-state index in [4.69, 9.17) is 5.73 Å². The standard InChI is InChI=1S/C27H25F2N3O3S/c1-17(26(33)18-8-4-3-5-9-18)32(2)36(34,35)25-11-7-6-10-22(25)19-12-13-21(23(28)14-19)20-15-24(29)27(30)31-16-20/h3-17,26,33H,1-2H3,(H2,30,31). The summed E-state index contributed by atoms with van der Waals surface area (Å²) in [5.74, 6) is -1.72. The van der Waals surface area contributed by atoms with Crippen molar-refractivity contribution in [2.75, 3.05) is 12.8 Å². The summed E-state index contributed by atoms with van der Waals surface area (Å²) in [6.45, 7) is 1.62. The maximum Gasteiger partial charge on any atom is 0.243 e. The zero-order valence-corrected chi connectivity index (χ0v) is 20.5. The van der Waals surface area contributed by atoms with Crippen molar-refractivity contribution in [3.05, 3.63) is 102 Å². The number of hydrogen-bond donors (Lipinski definition) is 2. The Bertz CT molecular complexity index is 1500. The van der Waals surface area contributed by atoms with E-state index in [1.54, 1.807) is 55.5 Å². The minimum absolute atomic E-state index is 0.0352. The molecule has 6 nitrogen and oxygen atoms in total. The van der Waals surface area contributed by atoms with E-state index in [0.29, 0.717) is 11.1 Å². The minimum Gasteiger partial charge on any atom is -0.387 e. The molecule has 2 unspecified atom stereocenters. The van der Waals surface area contributed by atoms with E-state index in [9.17, 15) is 17.9 Å². The second-order valence-electron chi connectivity index (χ2n) is 8.40. The molecule has 0 fully saturated rings. The number of nitrogens with two attached hydrogens (primary N) is 1. The van der Waals surface area contributed by atoms with Gasteiger partial charge in [0, 0.05) is 29.9 Å². The summed E-state index contributed by atoms with van der Waals surface area (Å²) in [7, 11) is -2.68. The lowest BCUT2D eigenvalue weighted by atomic mass is 10.0. The Hall–Kier alpha value is -3.66. The highest BCUT2D eigenvalue weighted by atomic mass is 32.2. The van der Waals surface area contributed by atoms with Gasteiger partial charge in [-0.1, -0.05) is 60.7 Å². The first-order valence-electron chi connectivity index (χ1n) is 11.1. The molecule has 0 aliphatic carbocycles. The van der Waals surface area contributed by atoms with Crippen molar-refractivity contribution in [3.63, 3.8) is 0 Å². The fourth-order valence-electron chi connectivity index (χ4n) is 3.94. The molecule has 1 heterocycles. The van der Waals surface area contributed by atoms with Crippen LogP contribution in [-0.4, -0.2) is 35.9 Å². The number of halogens is 2. The summed E-state index contributed by atoms with van der Waals surface area (Å²) in [4.78, 5) is 3.69. The summed E-state index contributed by atoms with van der Waals surface area (Å²) < 4.78 is 57.2. The minimum atomic E-state index is -4.08. The van der Waals surface area contributed by atoms with Gasteiger partial charge in [0.2, 0.25) is 10.0 Å². The number of aliphatic hydroxyl groups excluding tert-OH is 1. The number of nitrogen functional groups attached to an aromatic ring is 1. The van der Waals surface area contributed by atoms with Crippen molar-refractivity contribution in [1.82, 2.24) is 9.29 Å². The molecule has 4 rings (SSSR count). The van der Waals surface area contributed by atoms with Crippen molar-refractivity contribution >= 4 is 15.8 Å². The highest BCUT2D eigenvalue weighted by Crippen LogP contribution is 2.34. The predicted molar refractivity (Wildman–Crippen MR) is 135 cm³/mol. The van der Waals surface area contributed by atoms with Crippen LogP contribution in [0, 0.1) is 11.6 Å².